The molecule has 0 saturated carbocycles. The number of thiophene rings is 1. The second kappa shape index (κ2) is 15.0. The van der Waals surface area contributed by atoms with E-state index in [4.69, 9.17) is 0 Å². The van der Waals surface area contributed by atoms with Gasteiger partial charge in [-0.2, -0.15) is 0 Å². The second-order valence-electron chi connectivity index (χ2n) is 16.0. The number of benzene rings is 11. The molecule has 290 valence electrons. The van der Waals surface area contributed by atoms with Gasteiger partial charge in [0.2, 0.25) is 0 Å². The van der Waals surface area contributed by atoms with Crippen LogP contribution >= 0.6 is 11.3 Å². The minimum Gasteiger partial charge on any atom is -0.310 e. The van der Waals surface area contributed by atoms with Crippen molar-refractivity contribution in [3.05, 3.63) is 237 Å². The zero-order valence-corrected chi connectivity index (χ0v) is 34.7. The van der Waals surface area contributed by atoms with Gasteiger partial charge in [0.25, 0.3) is 0 Å². The number of anilines is 3. The Balaban J connectivity index is 1.12. The lowest BCUT2D eigenvalue weighted by Crippen LogP contribution is -2.12. The van der Waals surface area contributed by atoms with E-state index >= 15 is 0 Å². The molecule has 0 radical (unpaired) electrons. The van der Waals surface area contributed by atoms with Gasteiger partial charge in [-0.3, -0.25) is 0 Å². The Bertz CT molecular complexity index is 3610. The third-order valence-electron chi connectivity index (χ3n) is 12.5. The normalized spacial score (nSPS) is 11.5. The first-order chi connectivity index (χ1) is 30.7. The van der Waals surface area contributed by atoms with Crippen LogP contribution in [0, 0.1) is 0 Å². The van der Waals surface area contributed by atoms with Crippen LogP contribution in [0.4, 0.5) is 17.1 Å². The summed E-state index contributed by atoms with van der Waals surface area (Å²) < 4.78 is 2.59. The van der Waals surface area contributed by atoms with E-state index in [1.54, 1.807) is 0 Å². The molecule has 62 heavy (non-hydrogen) atoms. The minimum absolute atomic E-state index is 1.09. The summed E-state index contributed by atoms with van der Waals surface area (Å²) in [5.74, 6) is 0. The molecule has 0 aliphatic carbocycles. The zero-order valence-electron chi connectivity index (χ0n) is 33.9. The number of hydrogen-bond acceptors (Lipinski definition) is 2. The summed E-state index contributed by atoms with van der Waals surface area (Å²) in [4.78, 5) is 2.46. The lowest BCUT2D eigenvalue weighted by Gasteiger charge is -2.30. The van der Waals surface area contributed by atoms with Crippen molar-refractivity contribution in [2.24, 2.45) is 0 Å². The number of rotatable bonds is 7. The van der Waals surface area contributed by atoms with Crippen LogP contribution in [0.2, 0.25) is 0 Å². The van der Waals surface area contributed by atoms with Gasteiger partial charge in [0.05, 0.1) is 5.69 Å². The van der Waals surface area contributed by atoms with Crippen molar-refractivity contribution in [2.45, 2.75) is 0 Å². The topological polar surface area (TPSA) is 3.24 Å². The maximum Gasteiger partial charge on any atom is 0.0546 e. The van der Waals surface area contributed by atoms with Crippen LogP contribution < -0.4 is 4.90 Å². The van der Waals surface area contributed by atoms with E-state index in [1.807, 2.05) is 11.3 Å². The first-order valence-corrected chi connectivity index (χ1v) is 22.1. The Labute approximate surface area is 365 Å². The molecule has 0 unspecified atom stereocenters. The number of nitrogens with zero attached hydrogens (tertiary/aromatic N) is 1. The maximum atomic E-state index is 2.46. The molecule has 0 amide bonds. The lowest BCUT2D eigenvalue weighted by molar-refractivity contribution is 1.28. The molecule has 0 aliphatic rings. The molecule has 12 aromatic rings. The second-order valence-corrected chi connectivity index (χ2v) is 17.1. The predicted molar refractivity (Wildman–Crippen MR) is 268 cm³/mol. The quantitative estimate of drug-likeness (QED) is 0.145. The Morgan fingerprint density at radius 2 is 0.823 bits per heavy atom. The summed E-state index contributed by atoms with van der Waals surface area (Å²) in [6, 6.07) is 86.9. The Morgan fingerprint density at radius 1 is 0.274 bits per heavy atom. The molecule has 11 aromatic carbocycles. The van der Waals surface area contributed by atoms with E-state index < -0.39 is 0 Å². The SMILES string of the molecule is c1ccc(-c2ccc(N(c3ccc(-c4cccc5ccccc45)cc3)c3cccc(-c4cc5ccccc5c5ccccc45)c3-c3ccc4c(c3)sc3ccccc34)cc2)cc1. The van der Waals surface area contributed by atoms with Gasteiger partial charge >= 0.3 is 0 Å². The predicted octanol–water partition coefficient (Wildman–Crippen LogP) is 17.7. The van der Waals surface area contributed by atoms with Crippen molar-refractivity contribution in [1.29, 1.82) is 0 Å². The van der Waals surface area contributed by atoms with Gasteiger partial charge in [0, 0.05) is 37.1 Å². The number of fused-ring (bicyclic) bond motifs is 7. The molecule has 1 heterocycles. The van der Waals surface area contributed by atoms with Gasteiger partial charge in [-0.15, -0.1) is 11.3 Å². The molecular weight excluding hydrogens is 767 g/mol. The number of hydrogen-bond donors (Lipinski definition) is 0. The third-order valence-corrected chi connectivity index (χ3v) is 13.6. The molecule has 2 heteroatoms. The van der Waals surface area contributed by atoms with Crippen LogP contribution in [0.25, 0.3) is 97.0 Å². The standard InChI is InChI=1S/C60H39NS/c1-2-14-40(15-3-1)41-28-33-46(34-29-41)61(47-35-30-43(31-36-47)49-24-12-18-42-16-4-6-19-48(42)49)57-26-13-25-55(56-38-44-17-5-7-20-50(44)51-21-8-9-22-52(51)56)60(57)45-32-37-54-53-23-10-11-27-58(53)62-59(54)39-45/h1-39H. The minimum atomic E-state index is 1.09. The summed E-state index contributed by atoms with van der Waals surface area (Å²) in [6.07, 6.45) is 0. The van der Waals surface area contributed by atoms with E-state index in [0.29, 0.717) is 0 Å². The van der Waals surface area contributed by atoms with E-state index in [2.05, 4.69) is 241 Å². The van der Waals surface area contributed by atoms with Gasteiger partial charge in [0.15, 0.2) is 0 Å². The Hall–Kier alpha value is -7.78. The van der Waals surface area contributed by atoms with E-state index in [1.165, 1.54) is 97.0 Å². The molecule has 0 fully saturated rings. The van der Waals surface area contributed by atoms with Crippen molar-refractivity contribution in [3.63, 3.8) is 0 Å². The summed E-state index contributed by atoms with van der Waals surface area (Å²) in [6.45, 7) is 0. The molecule has 12 rings (SSSR count). The van der Waals surface area contributed by atoms with Gasteiger partial charge < -0.3 is 4.90 Å². The highest BCUT2D eigenvalue weighted by molar-refractivity contribution is 7.25. The molecule has 1 nitrogen and oxygen atoms in total. The Kier molecular flexibility index (Phi) is 8.76. The fourth-order valence-corrected chi connectivity index (χ4v) is 10.7. The van der Waals surface area contributed by atoms with Crippen molar-refractivity contribution in [3.8, 4) is 44.5 Å². The Morgan fingerprint density at radius 3 is 1.61 bits per heavy atom. The van der Waals surface area contributed by atoms with Gasteiger partial charge in [-0.25, -0.2) is 0 Å². The average Bonchev–Trinajstić information content (AvgIpc) is 3.72. The van der Waals surface area contributed by atoms with E-state index in [-0.39, 0.29) is 0 Å². The largest absolute Gasteiger partial charge is 0.310 e. The summed E-state index contributed by atoms with van der Waals surface area (Å²) in [5, 5.41) is 10.1. The smallest absolute Gasteiger partial charge is 0.0546 e. The van der Waals surface area contributed by atoms with Crippen LogP contribution in [0.5, 0.6) is 0 Å². The molecule has 0 aliphatic heterocycles. The van der Waals surface area contributed by atoms with Crippen LogP contribution in [0.15, 0.2) is 237 Å². The fourth-order valence-electron chi connectivity index (χ4n) is 9.54. The van der Waals surface area contributed by atoms with Crippen molar-refractivity contribution in [2.75, 3.05) is 4.90 Å². The molecule has 0 saturated heterocycles. The van der Waals surface area contributed by atoms with Crippen LogP contribution in [-0.2, 0) is 0 Å². The van der Waals surface area contributed by atoms with Crippen LogP contribution in [-0.4, -0.2) is 0 Å². The molecule has 1 aromatic heterocycles. The average molecular weight is 806 g/mol. The van der Waals surface area contributed by atoms with Gasteiger partial charge in [-0.1, -0.05) is 188 Å². The highest BCUT2D eigenvalue weighted by Crippen LogP contribution is 2.49. The monoisotopic (exact) mass is 805 g/mol. The summed E-state index contributed by atoms with van der Waals surface area (Å²) in [7, 11) is 0. The van der Waals surface area contributed by atoms with Crippen molar-refractivity contribution in [1.82, 2.24) is 0 Å². The maximum absolute atomic E-state index is 2.46. The van der Waals surface area contributed by atoms with Gasteiger partial charge in [-0.05, 0) is 120 Å². The first kappa shape index (κ1) is 36.1. The highest BCUT2D eigenvalue weighted by Gasteiger charge is 2.23. The summed E-state index contributed by atoms with van der Waals surface area (Å²) >= 11 is 1.87. The summed E-state index contributed by atoms with van der Waals surface area (Å²) in [5.41, 5.74) is 12.9. The molecule has 0 spiro atoms. The van der Waals surface area contributed by atoms with Crippen LogP contribution in [0.1, 0.15) is 0 Å². The fraction of sp³-hybridized carbons (Fsp3) is 0. The third kappa shape index (κ3) is 6.15. The van der Waals surface area contributed by atoms with E-state index in [0.717, 1.165) is 17.1 Å². The molecule has 0 N–H and O–H groups in total. The van der Waals surface area contributed by atoms with E-state index in [9.17, 15) is 0 Å². The van der Waals surface area contributed by atoms with Gasteiger partial charge in [0.1, 0.15) is 0 Å². The highest BCUT2D eigenvalue weighted by atomic mass is 32.1. The van der Waals surface area contributed by atoms with Crippen molar-refractivity contribution >= 4 is 80.9 Å². The molecule has 0 bridgehead atoms. The first-order valence-electron chi connectivity index (χ1n) is 21.2. The van der Waals surface area contributed by atoms with Crippen molar-refractivity contribution < 1.29 is 0 Å². The zero-order chi connectivity index (χ0) is 41.0. The molecular formula is C60H39NS. The lowest BCUT2D eigenvalue weighted by atomic mass is 9.87. The molecule has 0 atom stereocenters. The van der Waals surface area contributed by atoms with Crippen LogP contribution in [0.3, 0.4) is 0 Å².